The van der Waals surface area contributed by atoms with Gasteiger partial charge in [-0.05, 0) is 86.6 Å². The Labute approximate surface area is 439 Å². The summed E-state index contributed by atoms with van der Waals surface area (Å²) in [6, 6.07) is 0. The van der Waals surface area contributed by atoms with Crippen molar-refractivity contribution in [2.75, 3.05) is 14.2 Å². The maximum Gasteiger partial charge on any atom is 0.305 e. The number of rotatable bonds is 32. The Morgan fingerprint density at radius 1 is 0.639 bits per heavy atom. The molecule has 0 heterocycles. The lowest BCUT2D eigenvalue weighted by atomic mass is 9.87. The van der Waals surface area contributed by atoms with Crippen LogP contribution in [0.2, 0.25) is 36.3 Å². The first-order valence-electron chi connectivity index (χ1n) is 27.7. The lowest BCUT2D eigenvalue weighted by Gasteiger charge is -2.40. The van der Waals surface area contributed by atoms with E-state index in [0.29, 0.717) is 69.6 Å². The Hall–Kier alpha value is -2.63. The zero-order chi connectivity index (χ0) is 55.0. The van der Waals surface area contributed by atoms with Crippen LogP contribution in [-0.4, -0.2) is 101 Å². The molecular formula is C58H104O12Si2. The second-order valence-electron chi connectivity index (χ2n) is 24.5. The summed E-state index contributed by atoms with van der Waals surface area (Å²) in [5.41, 5.74) is 0. The number of carbonyl (C=O) groups is 6. The van der Waals surface area contributed by atoms with Crippen LogP contribution < -0.4 is 0 Å². The molecule has 2 fully saturated rings. The van der Waals surface area contributed by atoms with E-state index in [9.17, 15) is 39.0 Å². The molecule has 0 saturated heterocycles. The number of unbranched alkanes of at least 4 members (excludes halogenated alkanes) is 4. The van der Waals surface area contributed by atoms with E-state index >= 15 is 0 Å². The van der Waals surface area contributed by atoms with Gasteiger partial charge in [-0.2, -0.15) is 0 Å². The third kappa shape index (κ3) is 24.8. The predicted molar refractivity (Wildman–Crippen MR) is 294 cm³/mol. The van der Waals surface area contributed by atoms with Crippen molar-refractivity contribution in [1.29, 1.82) is 0 Å². The number of hydrogen-bond donors (Lipinski definition) is 2. The molecule has 12 nitrogen and oxygen atoms in total. The molecule has 2 rings (SSSR count). The Morgan fingerprint density at radius 3 is 1.53 bits per heavy atom. The summed E-state index contributed by atoms with van der Waals surface area (Å²) in [7, 11) is -1.48. The van der Waals surface area contributed by atoms with Crippen molar-refractivity contribution in [2.24, 2.45) is 35.5 Å². The van der Waals surface area contributed by atoms with E-state index in [0.717, 1.165) is 25.7 Å². The van der Waals surface area contributed by atoms with E-state index in [1.165, 1.54) is 33.5 Å². The second kappa shape index (κ2) is 32.7. The molecule has 0 radical (unpaired) electrons. The number of aliphatic hydroxyl groups is 2. The summed E-state index contributed by atoms with van der Waals surface area (Å²) in [5.74, 6) is -1.03. The highest BCUT2D eigenvalue weighted by molar-refractivity contribution is 6.74. The van der Waals surface area contributed by atoms with Gasteiger partial charge in [0.15, 0.2) is 16.6 Å². The van der Waals surface area contributed by atoms with Gasteiger partial charge in [-0.15, -0.1) is 0 Å². The van der Waals surface area contributed by atoms with E-state index in [1.807, 2.05) is 0 Å². The summed E-state index contributed by atoms with van der Waals surface area (Å²) in [6.07, 6.45) is 19.0. The molecule has 0 aromatic carbocycles. The second-order valence-corrected chi connectivity index (χ2v) is 34.0. The van der Waals surface area contributed by atoms with Crippen molar-refractivity contribution < 1.29 is 57.3 Å². The van der Waals surface area contributed by atoms with Crippen molar-refractivity contribution >= 4 is 51.7 Å². The highest BCUT2D eigenvalue weighted by Crippen LogP contribution is 2.44. The summed E-state index contributed by atoms with van der Waals surface area (Å²) in [5, 5.41) is 20.6. The number of hydrogen-bond acceptors (Lipinski definition) is 12. The van der Waals surface area contributed by atoms with Crippen molar-refractivity contribution in [3.8, 4) is 0 Å². The van der Waals surface area contributed by atoms with E-state index in [2.05, 4.69) is 112 Å². The van der Waals surface area contributed by atoms with Gasteiger partial charge in [0.25, 0.3) is 0 Å². The Morgan fingerprint density at radius 2 is 1.07 bits per heavy atom. The average Bonchev–Trinajstić information content (AvgIpc) is 3.71. The quantitative estimate of drug-likeness (QED) is 0.0282. The number of ketones is 4. The molecule has 10 atom stereocenters. The van der Waals surface area contributed by atoms with Crippen LogP contribution >= 0.6 is 0 Å². The van der Waals surface area contributed by atoms with Gasteiger partial charge < -0.3 is 28.5 Å². The van der Waals surface area contributed by atoms with Gasteiger partial charge >= 0.3 is 11.9 Å². The van der Waals surface area contributed by atoms with Gasteiger partial charge in [0, 0.05) is 75.0 Å². The standard InChI is InChI=1S/C35H66O6Si2.C23H38O6/c1-14-15-18-26(2)23-28(40-42(10,11)34(3,4)5)21-22-29-30(24-27(36)19-16-17-20-33(38)39-9)31(37)25-32(29)41-43(12,13)35(6,7)8;1-4-5-8-16(2)13-18(25)11-12-19-20(22(27)15-21(19)26)14-17(24)9-6-7-10-23(28)29-3/h21-22,26,28-30,32H,14-20,23-25H2,1-13H3;11-12,16,18-21,25-26H,4-10,13-15H2,1-3H3/b22-21+;12-11+/t26-,28?,29+,30+,32?;16-,18?,19+,20+,21?/m00/s1. The van der Waals surface area contributed by atoms with E-state index < -0.39 is 40.7 Å². The largest absolute Gasteiger partial charge is 0.469 e. The maximum absolute atomic E-state index is 13.5. The van der Waals surface area contributed by atoms with Gasteiger partial charge in [-0.25, -0.2) is 0 Å². The molecule has 4 unspecified atom stereocenters. The van der Waals surface area contributed by atoms with Crippen molar-refractivity contribution in [3.63, 3.8) is 0 Å². The topological polar surface area (TPSA) is 180 Å². The Balaban J connectivity index is 0.000000777. The minimum atomic E-state index is -2.15. The lowest BCUT2D eigenvalue weighted by Crippen LogP contribution is -2.45. The van der Waals surface area contributed by atoms with Crippen LogP contribution in [0.1, 0.15) is 198 Å². The summed E-state index contributed by atoms with van der Waals surface area (Å²) >= 11 is 0. The number of aliphatic hydroxyl groups excluding tert-OH is 2. The van der Waals surface area contributed by atoms with Crippen LogP contribution in [0.25, 0.3) is 0 Å². The fraction of sp³-hybridized carbons (Fsp3) is 0.828. The molecule has 0 bridgehead atoms. The van der Waals surface area contributed by atoms with Crippen LogP contribution in [0, 0.1) is 35.5 Å². The lowest BCUT2D eigenvalue weighted by molar-refractivity contribution is -0.141. The van der Waals surface area contributed by atoms with Crippen LogP contribution in [0.3, 0.4) is 0 Å². The highest BCUT2D eigenvalue weighted by atomic mass is 28.4. The first-order chi connectivity index (χ1) is 33.4. The van der Waals surface area contributed by atoms with Crippen LogP contribution in [0.4, 0.5) is 0 Å². The number of carbonyl (C=O) groups excluding carboxylic acids is 6. The number of ether oxygens (including phenoxy) is 2. The molecule has 14 heteroatoms. The van der Waals surface area contributed by atoms with Crippen LogP contribution in [0.5, 0.6) is 0 Å². The minimum absolute atomic E-state index is 0.0144. The summed E-state index contributed by atoms with van der Waals surface area (Å²) in [4.78, 5) is 73.7. The molecule has 72 heavy (non-hydrogen) atoms. The first-order valence-corrected chi connectivity index (χ1v) is 33.6. The molecular weight excluding hydrogens is 945 g/mol. The van der Waals surface area contributed by atoms with E-state index in [4.69, 9.17) is 13.6 Å². The fourth-order valence-electron chi connectivity index (χ4n) is 9.17. The monoisotopic (exact) mass is 1050 g/mol. The SMILES string of the molecule is CCCC[C@H](C)CC(/C=C/[C@H]1C(O[Si](C)(C)C(C)(C)C)CC(=O)[C@@H]1CC(=O)CCCCC(=O)OC)O[Si](C)(C)C(C)(C)C.CCCC[C@H](C)CC(O)/C=C/[C@H]1C(O)CC(=O)[C@@H]1CC(=O)CCCCC(=O)OC. The molecule has 2 aliphatic carbocycles. The Bertz CT molecular complexity index is 1730. The number of Topliss-reactive ketones (excluding diaryl/α,β-unsaturated/α-hetero) is 4. The predicted octanol–water partition coefficient (Wildman–Crippen LogP) is 12.8. The third-order valence-electron chi connectivity index (χ3n) is 16.0. The third-order valence-corrected chi connectivity index (χ3v) is 25.0. The molecule has 0 amide bonds. The molecule has 416 valence electrons. The summed E-state index contributed by atoms with van der Waals surface area (Å²) in [6.45, 7) is 31.3. The molecule has 2 saturated carbocycles. The van der Waals surface area contributed by atoms with Gasteiger partial charge in [-0.1, -0.05) is 132 Å². The number of esters is 2. The first kappa shape index (κ1) is 67.4. The summed E-state index contributed by atoms with van der Waals surface area (Å²) < 4.78 is 23.1. The average molecular weight is 1050 g/mol. The fourth-order valence-corrected chi connectivity index (χ4v) is 11.8. The smallest absolute Gasteiger partial charge is 0.305 e. The maximum atomic E-state index is 13.5. The minimum Gasteiger partial charge on any atom is -0.469 e. The molecule has 2 N–H and O–H groups in total. The van der Waals surface area contributed by atoms with Crippen molar-refractivity contribution in [1.82, 2.24) is 0 Å². The molecule has 0 spiro atoms. The zero-order valence-corrected chi connectivity index (χ0v) is 50.2. The molecule has 2 aliphatic rings. The van der Waals surface area contributed by atoms with Gasteiger partial charge in [0.1, 0.15) is 23.1 Å². The number of methoxy groups -OCH3 is 2. The molecule has 0 aromatic heterocycles. The molecule has 0 aliphatic heterocycles. The van der Waals surface area contributed by atoms with E-state index in [-0.39, 0.29) is 94.9 Å². The van der Waals surface area contributed by atoms with Crippen LogP contribution in [0.15, 0.2) is 24.3 Å². The molecule has 0 aromatic rings. The highest BCUT2D eigenvalue weighted by Gasteiger charge is 2.48. The van der Waals surface area contributed by atoms with Gasteiger partial charge in [-0.3, -0.25) is 28.8 Å². The zero-order valence-electron chi connectivity index (χ0n) is 48.2. The Kier molecular flexibility index (Phi) is 30.6. The van der Waals surface area contributed by atoms with Gasteiger partial charge in [0.05, 0.1) is 38.6 Å². The normalized spacial score (nSPS) is 22.7. The van der Waals surface area contributed by atoms with Crippen LogP contribution in [-0.2, 0) is 47.1 Å². The van der Waals surface area contributed by atoms with Gasteiger partial charge in [0.2, 0.25) is 0 Å². The van der Waals surface area contributed by atoms with Crippen molar-refractivity contribution in [2.45, 2.75) is 258 Å². The van der Waals surface area contributed by atoms with E-state index in [1.54, 1.807) is 12.2 Å². The van der Waals surface area contributed by atoms with Crippen molar-refractivity contribution in [3.05, 3.63) is 24.3 Å².